The zero-order chi connectivity index (χ0) is 48.8. The summed E-state index contributed by atoms with van der Waals surface area (Å²) in [5, 5.41) is 32.4. The largest absolute Gasteiger partial charge is 0.391 e. The number of hydrogen-bond donors (Lipinski definition) is 12. The van der Waals surface area contributed by atoms with Crippen molar-refractivity contribution in [1.82, 2.24) is 42.5 Å². The molecule has 3 rings (SSSR count). The Morgan fingerprint density at radius 1 is 0.758 bits per heavy atom. The molecule has 2 aromatic carbocycles. The molecule has 1 aliphatic heterocycles. The maximum atomic E-state index is 14.3. The van der Waals surface area contributed by atoms with Crippen LogP contribution >= 0.6 is 0 Å². The average molecular weight is 922 g/mol. The van der Waals surface area contributed by atoms with Crippen LogP contribution in [0.2, 0.25) is 0 Å². The van der Waals surface area contributed by atoms with Gasteiger partial charge in [-0.25, -0.2) is 0 Å². The summed E-state index contributed by atoms with van der Waals surface area (Å²) in [7, 11) is 0. The number of benzene rings is 2. The van der Waals surface area contributed by atoms with Crippen molar-refractivity contribution in [3.63, 3.8) is 0 Å². The molecule has 1 fully saturated rings. The monoisotopic (exact) mass is 922 g/mol. The second-order valence-corrected chi connectivity index (χ2v) is 17.1. The summed E-state index contributed by atoms with van der Waals surface area (Å²) in [6, 6.07) is 8.37. The topological polar surface area (TPSA) is 331 Å². The normalized spacial score (nSPS) is 25.0. The van der Waals surface area contributed by atoms with E-state index in [-0.39, 0.29) is 83.6 Å². The molecule has 66 heavy (non-hydrogen) atoms. The molecular formula is C46H71N11O9. The molecule has 0 bridgehead atoms. The van der Waals surface area contributed by atoms with Crippen molar-refractivity contribution >= 4 is 47.6 Å². The molecule has 0 aliphatic carbocycles. The summed E-state index contributed by atoms with van der Waals surface area (Å²) < 4.78 is 0. The van der Waals surface area contributed by atoms with Crippen LogP contribution in [0.4, 0.5) is 0 Å². The van der Waals surface area contributed by atoms with Gasteiger partial charge >= 0.3 is 0 Å². The van der Waals surface area contributed by atoms with Gasteiger partial charge in [0, 0.05) is 19.5 Å². The van der Waals surface area contributed by atoms with Crippen molar-refractivity contribution in [3.05, 3.63) is 71.3 Å². The smallest absolute Gasteiger partial charge is 0.245 e. The molecule has 7 amide bonds. The molecule has 0 saturated carbocycles. The molecule has 0 aromatic heterocycles. The molecule has 8 atom stereocenters. The minimum atomic E-state index is -1.69. The first-order valence-corrected chi connectivity index (χ1v) is 22.7. The lowest BCUT2D eigenvalue weighted by atomic mass is 9.94. The van der Waals surface area contributed by atoms with Gasteiger partial charge in [0.1, 0.15) is 42.0 Å². The number of nitrogens with two attached hydrogens (primary N) is 3. The number of amides is 7. The summed E-state index contributed by atoms with van der Waals surface area (Å²) in [6.07, 6.45) is -0.609. The van der Waals surface area contributed by atoms with Crippen LogP contribution < -0.4 is 59.7 Å². The van der Waals surface area contributed by atoms with Crippen LogP contribution in [0.25, 0.3) is 0 Å². The lowest BCUT2D eigenvalue weighted by Crippen LogP contribution is -2.64. The lowest BCUT2D eigenvalue weighted by molar-refractivity contribution is -0.135. The van der Waals surface area contributed by atoms with Gasteiger partial charge < -0.3 is 69.6 Å². The Hall–Kier alpha value is -5.80. The molecule has 1 aliphatic rings. The van der Waals surface area contributed by atoms with Crippen molar-refractivity contribution < 1.29 is 43.5 Å². The van der Waals surface area contributed by atoms with Crippen LogP contribution in [-0.2, 0) is 57.6 Å². The van der Waals surface area contributed by atoms with Crippen molar-refractivity contribution in [2.45, 2.75) is 127 Å². The van der Waals surface area contributed by atoms with E-state index in [2.05, 4.69) is 42.5 Å². The summed E-state index contributed by atoms with van der Waals surface area (Å²) in [6.45, 7) is 6.20. The number of aliphatic hydroxyl groups is 1. The predicted octanol–water partition coefficient (Wildman–Crippen LogP) is -2.54. The number of carbonyl (C=O) groups is 8. The Morgan fingerprint density at radius 2 is 1.35 bits per heavy atom. The van der Waals surface area contributed by atoms with Crippen molar-refractivity contribution in [2.24, 2.45) is 23.1 Å². The average Bonchev–Trinajstić information content (AvgIpc) is 3.28. The van der Waals surface area contributed by atoms with E-state index in [1.807, 2.05) is 32.9 Å². The summed E-state index contributed by atoms with van der Waals surface area (Å²) in [5.41, 5.74) is 18.4. The molecule has 1 heterocycles. The molecule has 364 valence electrons. The highest BCUT2D eigenvalue weighted by molar-refractivity contribution is 5.96. The van der Waals surface area contributed by atoms with E-state index in [1.54, 1.807) is 42.5 Å². The van der Waals surface area contributed by atoms with Gasteiger partial charge in [-0.1, -0.05) is 75.4 Å². The Bertz CT molecular complexity index is 1940. The quantitative estimate of drug-likeness (QED) is 0.0774. The Labute approximate surface area is 386 Å². The molecule has 2 aromatic rings. The Kier molecular flexibility index (Phi) is 22.8. The van der Waals surface area contributed by atoms with Gasteiger partial charge in [0.25, 0.3) is 0 Å². The van der Waals surface area contributed by atoms with Crippen LogP contribution in [0, 0.1) is 5.92 Å². The highest BCUT2D eigenvalue weighted by atomic mass is 16.3. The molecule has 0 spiro atoms. The van der Waals surface area contributed by atoms with Crippen molar-refractivity contribution in [1.29, 1.82) is 0 Å². The van der Waals surface area contributed by atoms with E-state index in [0.717, 1.165) is 11.1 Å². The minimum Gasteiger partial charge on any atom is -0.391 e. The number of aliphatic hydroxyl groups excluding tert-OH is 1. The predicted molar refractivity (Wildman–Crippen MR) is 248 cm³/mol. The van der Waals surface area contributed by atoms with Crippen LogP contribution in [-0.4, -0.2) is 133 Å². The molecular weight excluding hydrogens is 851 g/mol. The number of rotatable bonds is 16. The van der Waals surface area contributed by atoms with Gasteiger partial charge in [0.05, 0.1) is 18.6 Å². The zero-order valence-electron chi connectivity index (χ0n) is 38.5. The van der Waals surface area contributed by atoms with E-state index in [4.69, 9.17) is 17.2 Å². The number of aryl methyl sites for hydroxylation is 1. The lowest BCUT2D eigenvalue weighted by Gasteiger charge is -2.34. The summed E-state index contributed by atoms with van der Waals surface area (Å²) in [4.78, 5) is 111. The van der Waals surface area contributed by atoms with Crippen molar-refractivity contribution in [3.8, 4) is 0 Å². The molecule has 20 nitrogen and oxygen atoms in total. The maximum Gasteiger partial charge on any atom is 0.245 e. The molecule has 0 unspecified atom stereocenters. The standard InChI is InChI=1S/C46H71N11O9/c1-5-31-13-9-10-14-32(31)25-38(60)52-35-17-22-50-45(66)39(29(4)59)56-40(61)33(15-19-47)51-26-46(27-58,18-21-49)57-44(65)36(23-28(2)3)54-43(64)37(24-30-11-7-6-8-12-30)55-41(62)34(16-20-48)53-42(35)63/h6-14,27-29,33-37,39,51,59H,5,15-26,47-49H2,1-4H3,(H,50,66)(H,52,60)(H,53,63)(H,54,64)(H,55,62)(H,56,61)(H,57,65)/t29-,33+,34+,35+,36+,37-,39+,46-/m1/s1. The first-order valence-electron chi connectivity index (χ1n) is 22.7. The number of hydrogen-bond acceptors (Lipinski definition) is 13. The minimum absolute atomic E-state index is 0.0103. The SMILES string of the molecule is CCc1ccccc1CC(=O)N[C@H]1CCNC(=O)[C@H]([C@@H](C)O)NC(=O)[C@H](CCN)NC[C@@](C=O)(CCN)NC(=O)[C@H](CC(C)C)NC(=O)[C@@H](Cc2ccccc2)NC(=O)[C@H](CCN)NC1=O. The zero-order valence-corrected chi connectivity index (χ0v) is 38.5. The second kappa shape index (κ2) is 27.6. The van der Waals surface area contributed by atoms with Crippen LogP contribution in [0.5, 0.6) is 0 Å². The van der Waals surface area contributed by atoms with Gasteiger partial charge in [-0.05, 0) is 87.7 Å². The van der Waals surface area contributed by atoms with Crippen LogP contribution in [0.1, 0.15) is 76.5 Å². The second-order valence-electron chi connectivity index (χ2n) is 17.1. The van der Waals surface area contributed by atoms with Crippen molar-refractivity contribution in [2.75, 3.05) is 32.7 Å². The molecule has 15 N–H and O–H groups in total. The Balaban J connectivity index is 2.12. The van der Waals surface area contributed by atoms with Gasteiger partial charge in [-0.3, -0.25) is 33.6 Å². The summed E-state index contributed by atoms with van der Waals surface area (Å²) in [5.74, 6) is -5.30. The Morgan fingerprint density at radius 3 is 1.95 bits per heavy atom. The van der Waals surface area contributed by atoms with E-state index >= 15 is 0 Å². The fourth-order valence-electron chi connectivity index (χ4n) is 7.60. The van der Waals surface area contributed by atoms with Gasteiger partial charge in [0.15, 0.2) is 0 Å². The fraction of sp³-hybridized carbons (Fsp3) is 0.565. The highest BCUT2D eigenvalue weighted by Gasteiger charge is 2.38. The fourth-order valence-corrected chi connectivity index (χ4v) is 7.60. The van der Waals surface area contributed by atoms with Gasteiger partial charge in [-0.2, -0.15) is 0 Å². The summed E-state index contributed by atoms with van der Waals surface area (Å²) >= 11 is 0. The van der Waals surface area contributed by atoms with Gasteiger partial charge in [0.2, 0.25) is 41.4 Å². The number of carbonyl (C=O) groups excluding carboxylic acids is 8. The van der Waals surface area contributed by atoms with E-state index in [0.29, 0.717) is 18.3 Å². The van der Waals surface area contributed by atoms with E-state index < -0.39 is 89.2 Å². The third-order valence-corrected chi connectivity index (χ3v) is 11.3. The van der Waals surface area contributed by atoms with E-state index in [1.165, 1.54) is 6.92 Å². The van der Waals surface area contributed by atoms with Crippen LogP contribution in [0.3, 0.4) is 0 Å². The number of aldehydes is 1. The molecule has 0 radical (unpaired) electrons. The molecule has 1 saturated heterocycles. The van der Waals surface area contributed by atoms with Crippen LogP contribution in [0.15, 0.2) is 54.6 Å². The maximum absolute atomic E-state index is 14.3. The third-order valence-electron chi connectivity index (χ3n) is 11.3. The first kappa shape index (κ1) is 54.5. The third kappa shape index (κ3) is 17.2. The van der Waals surface area contributed by atoms with Gasteiger partial charge in [-0.15, -0.1) is 0 Å². The first-order chi connectivity index (χ1) is 31.5. The highest BCUT2D eigenvalue weighted by Crippen LogP contribution is 2.14. The molecule has 20 heteroatoms. The van der Waals surface area contributed by atoms with E-state index in [9.17, 15) is 43.5 Å². The number of nitrogens with one attached hydrogen (secondary N) is 8.